The van der Waals surface area contributed by atoms with Crippen molar-refractivity contribution in [1.82, 2.24) is 24.7 Å². The summed E-state index contributed by atoms with van der Waals surface area (Å²) in [6.07, 6.45) is 6.43. The molecule has 0 spiro atoms. The van der Waals surface area contributed by atoms with E-state index in [1.54, 1.807) is 18.5 Å². The predicted octanol–water partition coefficient (Wildman–Crippen LogP) is 6.80. The van der Waals surface area contributed by atoms with Crippen LogP contribution >= 0.6 is 35.0 Å². The Morgan fingerprint density at radius 3 is 2.55 bits per heavy atom. The van der Waals surface area contributed by atoms with Gasteiger partial charge in [0, 0.05) is 67.3 Å². The van der Waals surface area contributed by atoms with Crippen LogP contribution < -0.4 is 20.9 Å². The Balaban J connectivity index is 1.40. The summed E-state index contributed by atoms with van der Waals surface area (Å²) in [5.74, 6) is 0.965. The normalized spacial score (nSPS) is 15.7. The minimum atomic E-state index is -0.581. The number of pyridine rings is 1. The number of piperidine rings is 1. The first-order valence-corrected chi connectivity index (χ1v) is 16.1. The van der Waals surface area contributed by atoms with Crippen LogP contribution in [0.3, 0.4) is 0 Å². The van der Waals surface area contributed by atoms with Gasteiger partial charge in [-0.1, -0.05) is 53.2 Å². The number of hydrogen-bond acceptors (Lipinski definition) is 9. The molecule has 10 nitrogen and oxygen atoms in total. The number of nitrogens with zero attached hydrogens (tertiary/aromatic N) is 6. The average Bonchev–Trinajstić information content (AvgIpc) is 3.46. The summed E-state index contributed by atoms with van der Waals surface area (Å²) < 4.78 is 7.57. The molecule has 1 saturated heterocycles. The number of imidazole rings is 1. The number of nitrogen functional groups attached to an aromatic ring is 1. The van der Waals surface area contributed by atoms with Crippen molar-refractivity contribution < 1.29 is 9.53 Å². The molecule has 44 heavy (non-hydrogen) atoms. The fraction of sp³-hybridized carbons (Fsp3) is 0.419. The molecule has 5 rings (SSSR count). The maximum absolute atomic E-state index is 12.8. The van der Waals surface area contributed by atoms with Crippen LogP contribution in [0.5, 0.6) is 0 Å². The number of fused-ring (bicyclic) bond motifs is 1. The fourth-order valence-electron chi connectivity index (χ4n) is 5.62. The molecule has 0 unspecified atom stereocenters. The molecule has 1 fully saturated rings. The summed E-state index contributed by atoms with van der Waals surface area (Å²) in [4.78, 5) is 32.2. The van der Waals surface area contributed by atoms with Gasteiger partial charge >= 0.3 is 6.09 Å². The molecule has 0 radical (unpaired) electrons. The van der Waals surface area contributed by atoms with Crippen molar-refractivity contribution in [2.24, 2.45) is 5.41 Å². The molecule has 4 aromatic rings. The highest BCUT2D eigenvalue weighted by Gasteiger charge is 2.42. The summed E-state index contributed by atoms with van der Waals surface area (Å²) in [5, 5.41) is 3.84. The lowest BCUT2D eigenvalue weighted by molar-refractivity contribution is 0.0433. The molecule has 4 heterocycles. The number of amides is 1. The lowest BCUT2D eigenvalue weighted by Crippen LogP contribution is -2.56. The van der Waals surface area contributed by atoms with Crippen molar-refractivity contribution in [2.75, 3.05) is 42.2 Å². The van der Waals surface area contributed by atoms with Gasteiger partial charge in [0.15, 0.2) is 10.8 Å². The highest BCUT2D eigenvalue weighted by molar-refractivity contribution is 7.99. The molecule has 1 aliphatic rings. The van der Waals surface area contributed by atoms with Gasteiger partial charge in [-0.25, -0.2) is 19.7 Å². The summed E-state index contributed by atoms with van der Waals surface area (Å²) in [6, 6.07) is 11.9. The van der Waals surface area contributed by atoms with Crippen LogP contribution in [0.4, 0.5) is 22.2 Å². The number of nitrogens with one attached hydrogen (secondary N) is 1. The standard InChI is InChI=1S/C31H38Cl2N8O2S/c1-20(37-29(42)43-30(2,3)4)31(19-39(5)21-9-7-6-8-10-21)12-16-40(17-13-31)28-38-25(33)24(27-36-15-18-41(27)28)44-22-11-14-35-26(34)23(22)32/h6-11,14-15,18,20H,12-13,16-17,19H2,1-5H3,(H2,34,35)(H,37,42)/t20-/m1/s1. The number of carbonyl (C=O) groups excluding carboxylic acids is 1. The van der Waals surface area contributed by atoms with Crippen molar-refractivity contribution in [3.05, 3.63) is 65.2 Å². The summed E-state index contributed by atoms with van der Waals surface area (Å²) in [5.41, 5.74) is 6.91. The van der Waals surface area contributed by atoms with E-state index in [1.165, 1.54) is 11.8 Å². The Hall–Kier alpha value is -3.41. The molecular formula is C31H38Cl2N8O2S. The van der Waals surface area contributed by atoms with Gasteiger partial charge in [-0.05, 0) is 58.7 Å². The minimum Gasteiger partial charge on any atom is -0.444 e. The Morgan fingerprint density at radius 2 is 1.86 bits per heavy atom. The Morgan fingerprint density at radius 1 is 1.16 bits per heavy atom. The quantitative estimate of drug-likeness (QED) is 0.198. The molecule has 0 bridgehead atoms. The number of alkyl carbamates (subject to hydrolysis) is 1. The van der Waals surface area contributed by atoms with Gasteiger partial charge in [0.25, 0.3) is 0 Å². The molecule has 0 aliphatic carbocycles. The fourth-order valence-corrected chi connectivity index (χ4v) is 7.04. The summed E-state index contributed by atoms with van der Waals surface area (Å²) >= 11 is 14.6. The number of hydrogen-bond donors (Lipinski definition) is 2. The van der Waals surface area contributed by atoms with Crippen LogP contribution in [0.15, 0.2) is 64.8 Å². The third kappa shape index (κ3) is 6.95. The summed E-state index contributed by atoms with van der Waals surface area (Å²) in [6.45, 7) is 9.85. The van der Waals surface area contributed by atoms with E-state index in [2.05, 4.69) is 51.2 Å². The first-order chi connectivity index (χ1) is 20.9. The highest BCUT2D eigenvalue weighted by Crippen LogP contribution is 2.42. The monoisotopic (exact) mass is 656 g/mol. The maximum atomic E-state index is 12.8. The van der Waals surface area contributed by atoms with Gasteiger partial charge in [0.2, 0.25) is 5.95 Å². The van der Waals surface area contributed by atoms with Gasteiger partial charge in [-0.2, -0.15) is 0 Å². The van der Waals surface area contributed by atoms with E-state index in [0.717, 1.165) is 30.0 Å². The van der Waals surface area contributed by atoms with Crippen molar-refractivity contribution in [3.8, 4) is 0 Å². The average molecular weight is 658 g/mol. The van der Waals surface area contributed by atoms with E-state index in [1.807, 2.05) is 49.6 Å². The Bertz CT molecular complexity index is 1620. The smallest absolute Gasteiger partial charge is 0.407 e. The van der Waals surface area contributed by atoms with Crippen LogP contribution in [0.25, 0.3) is 5.65 Å². The molecule has 1 aromatic carbocycles. The number of carbonyl (C=O) groups is 1. The van der Waals surface area contributed by atoms with Crippen molar-refractivity contribution in [2.45, 2.75) is 62.0 Å². The molecular weight excluding hydrogens is 619 g/mol. The molecule has 3 N–H and O–H groups in total. The van der Waals surface area contributed by atoms with Crippen LogP contribution in [-0.4, -0.2) is 63.8 Å². The van der Waals surface area contributed by atoms with Crippen molar-refractivity contribution >= 4 is 64.2 Å². The topological polar surface area (TPSA) is 114 Å². The Kier molecular flexibility index (Phi) is 9.38. The first-order valence-electron chi connectivity index (χ1n) is 14.5. The molecule has 1 amide bonds. The lowest BCUT2D eigenvalue weighted by Gasteiger charge is -2.48. The zero-order valence-corrected chi connectivity index (χ0v) is 27.9. The zero-order chi connectivity index (χ0) is 31.6. The van der Waals surface area contributed by atoms with E-state index in [-0.39, 0.29) is 17.3 Å². The maximum Gasteiger partial charge on any atom is 0.407 e. The number of nitrogens with two attached hydrogens (primary N) is 1. The second kappa shape index (κ2) is 12.9. The minimum absolute atomic E-state index is 0.146. The van der Waals surface area contributed by atoms with Gasteiger partial charge in [-0.15, -0.1) is 0 Å². The molecule has 13 heteroatoms. The molecule has 1 aliphatic heterocycles. The summed E-state index contributed by atoms with van der Waals surface area (Å²) in [7, 11) is 2.10. The number of aromatic nitrogens is 4. The predicted molar refractivity (Wildman–Crippen MR) is 178 cm³/mol. The van der Waals surface area contributed by atoms with Crippen molar-refractivity contribution in [3.63, 3.8) is 0 Å². The molecule has 0 saturated carbocycles. The number of halogens is 2. The number of benzene rings is 1. The van der Waals surface area contributed by atoms with Gasteiger partial charge in [0.1, 0.15) is 11.4 Å². The number of anilines is 3. The first kappa shape index (κ1) is 32.0. The van der Waals surface area contributed by atoms with Crippen LogP contribution in [0.1, 0.15) is 40.5 Å². The van der Waals surface area contributed by atoms with Crippen LogP contribution in [0.2, 0.25) is 10.2 Å². The van der Waals surface area contributed by atoms with Gasteiger partial charge < -0.3 is 25.6 Å². The van der Waals surface area contributed by atoms with E-state index in [0.29, 0.717) is 39.8 Å². The highest BCUT2D eigenvalue weighted by atomic mass is 35.5. The number of rotatable bonds is 8. The molecule has 234 valence electrons. The van der Waals surface area contributed by atoms with Crippen LogP contribution in [0, 0.1) is 5.41 Å². The van der Waals surface area contributed by atoms with E-state index >= 15 is 0 Å². The Labute approximate surface area is 272 Å². The molecule has 3 aromatic heterocycles. The third-order valence-corrected chi connectivity index (χ3v) is 10.0. The lowest BCUT2D eigenvalue weighted by atomic mass is 9.72. The van der Waals surface area contributed by atoms with E-state index in [4.69, 9.17) is 38.7 Å². The second-order valence-corrected chi connectivity index (χ2v) is 14.0. The van der Waals surface area contributed by atoms with E-state index < -0.39 is 11.7 Å². The van der Waals surface area contributed by atoms with Gasteiger partial charge in [-0.3, -0.25) is 4.40 Å². The zero-order valence-electron chi connectivity index (χ0n) is 25.6. The third-order valence-electron chi connectivity index (χ3n) is 7.98. The molecule has 1 atom stereocenters. The second-order valence-electron chi connectivity index (χ2n) is 12.2. The van der Waals surface area contributed by atoms with E-state index in [9.17, 15) is 4.79 Å². The van der Waals surface area contributed by atoms with Crippen LogP contribution in [-0.2, 0) is 4.74 Å². The van der Waals surface area contributed by atoms with Crippen molar-refractivity contribution in [1.29, 1.82) is 0 Å². The number of ether oxygens (including phenoxy) is 1. The SMILES string of the molecule is C[C@@H](NC(=O)OC(C)(C)C)C1(CN(C)c2ccccc2)CCN(c2nc(Cl)c(Sc3ccnc(N)c3Cl)c3nccn23)CC1. The number of para-hydroxylation sites is 1. The largest absolute Gasteiger partial charge is 0.444 e. The van der Waals surface area contributed by atoms with Gasteiger partial charge in [0.05, 0.1) is 9.92 Å².